The maximum absolute atomic E-state index is 12.3. The summed E-state index contributed by atoms with van der Waals surface area (Å²) in [6, 6.07) is 1.79. The van der Waals surface area contributed by atoms with Gasteiger partial charge in [0.2, 0.25) is 0 Å². The van der Waals surface area contributed by atoms with E-state index >= 15 is 0 Å². The fourth-order valence-corrected chi connectivity index (χ4v) is 2.49. The van der Waals surface area contributed by atoms with Crippen LogP contribution < -0.4 is 11.3 Å². The predicted octanol–water partition coefficient (Wildman–Crippen LogP) is 1.00. The molecule has 1 heterocycles. The Labute approximate surface area is 101 Å². The molecule has 4 heteroatoms. The SMILES string of the molecule is COCCn1c2c(cc(C(C)N)c1=O)CCC2. The molecule has 0 radical (unpaired) electrons. The molecule has 2 rings (SSSR count). The Morgan fingerprint density at radius 3 is 2.94 bits per heavy atom. The lowest BCUT2D eigenvalue weighted by Crippen LogP contribution is -2.31. The van der Waals surface area contributed by atoms with Crippen molar-refractivity contribution in [2.24, 2.45) is 5.73 Å². The topological polar surface area (TPSA) is 57.2 Å². The van der Waals surface area contributed by atoms with Gasteiger partial charge in [0.15, 0.2) is 0 Å². The Morgan fingerprint density at radius 2 is 2.29 bits per heavy atom. The van der Waals surface area contributed by atoms with E-state index in [4.69, 9.17) is 10.5 Å². The second-order valence-corrected chi connectivity index (χ2v) is 4.66. The fourth-order valence-electron chi connectivity index (χ4n) is 2.49. The van der Waals surface area contributed by atoms with E-state index in [0.717, 1.165) is 24.8 Å². The van der Waals surface area contributed by atoms with Crippen molar-refractivity contribution in [1.29, 1.82) is 0 Å². The zero-order valence-electron chi connectivity index (χ0n) is 10.5. The first kappa shape index (κ1) is 12.3. The largest absolute Gasteiger partial charge is 0.383 e. The second kappa shape index (κ2) is 5.02. The number of rotatable bonds is 4. The van der Waals surface area contributed by atoms with Crippen LogP contribution >= 0.6 is 0 Å². The predicted molar refractivity (Wildman–Crippen MR) is 67.2 cm³/mol. The second-order valence-electron chi connectivity index (χ2n) is 4.66. The lowest BCUT2D eigenvalue weighted by Gasteiger charge is -2.15. The first-order valence-electron chi connectivity index (χ1n) is 6.15. The molecule has 17 heavy (non-hydrogen) atoms. The third-order valence-corrected chi connectivity index (χ3v) is 3.39. The molecule has 0 aliphatic heterocycles. The van der Waals surface area contributed by atoms with E-state index in [-0.39, 0.29) is 11.6 Å². The molecule has 1 aliphatic carbocycles. The summed E-state index contributed by atoms with van der Waals surface area (Å²) in [6.45, 7) is 3.05. The lowest BCUT2D eigenvalue weighted by molar-refractivity contribution is 0.185. The van der Waals surface area contributed by atoms with Gasteiger partial charge in [-0.2, -0.15) is 0 Å². The number of ether oxygens (including phenoxy) is 1. The van der Waals surface area contributed by atoms with Crippen molar-refractivity contribution in [2.75, 3.05) is 13.7 Å². The van der Waals surface area contributed by atoms with Gasteiger partial charge in [0.1, 0.15) is 0 Å². The van der Waals surface area contributed by atoms with E-state index in [2.05, 4.69) is 0 Å². The van der Waals surface area contributed by atoms with Gasteiger partial charge in [-0.15, -0.1) is 0 Å². The molecule has 0 saturated heterocycles. The minimum absolute atomic E-state index is 0.0534. The van der Waals surface area contributed by atoms with Gasteiger partial charge < -0.3 is 15.0 Å². The maximum Gasteiger partial charge on any atom is 0.255 e. The van der Waals surface area contributed by atoms with Crippen LogP contribution in [0.5, 0.6) is 0 Å². The third-order valence-electron chi connectivity index (χ3n) is 3.39. The van der Waals surface area contributed by atoms with Crippen LogP contribution in [-0.4, -0.2) is 18.3 Å². The molecular formula is C13H20N2O2. The average molecular weight is 236 g/mol. The van der Waals surface area contributed by atoms with Gasteiger partial charge in [-0.25, -0.2) is 0 Å². The van der Waals surface area contributed by atoms with Crippen LogP contribution in [0.2, 0.25) is 0 Å². The van der Waals surface area contributed by atoms with Gasteiger partial charge >= 0.3 is 0 Å². The first-order valence-corrected chi connectivity index (χ1v) is 6.15. The molecule has 0 fully saturated rings. The molecule has 0 aromatic carbocycles. The van der Waals surface area contributed by atoms with Gasteiger partial charge in [-0.05, 0) is 37.8 Å². The van der Waals surface area contributed by atoms with E-state index in [0.29, 0.717) is 13.2 Å². The Balaban J connectivity index is 2.50. The summed E-state index contributed by atoms with van der Waals surface area (Å²) in [5.41, 5.74) is 9.10. The molecule has 1 unspecified atom stereocenters. The van der Waals surface area contributed by atoms with Crippen LogP contribution in [0.25, 0.3) is 0 Å². The maximum atomic E-state index is 12.3. The van der Waals surface area contributed by atoms with Gasteiger partial charge in [-0.1, -0.05) is 0 Å². The fraction of sp³-hybridized carbons (Fsp3) is 0.615. The van der Waals surface area contributed by atoms with E-state index < -0.39 is 0 Å². The van der Waals surface area contributed by atoms with E-state index in [1.54, 1.807) is 7.11 Å². The summed E-state index contributed by atoms with van der Waals surface area (Å²) in [7, 11) is 1.65. The molecule has 0 amide bonds. The summed E-state index contributed by atoms with van der Waals surface area (Å²) in [4.78, 5) is 12.3. The summed E-state index contributed by atoms with van der Waals surface area (Å²) < 4.78 is 6.92. The quantitative estimate of drug-likeness (QED) is 0.848. The molecule has 1 aromatic rings. The van der Waals surface area contributed by atoms with Gasteiger partial charge in [0.05, 0.1) is 6.61 Å². The molecule has 0 bridgehead atoms. The highest BCUT2D eigenvalue weighted by Crippen LogP contribution is 2.22. The third kappa shape index (κ3) is 2.28. The number of aromatic nitrogens is 1. The van der Waals surface area contributed by atoms with Crippen molar-refractivity contribution in [1.82, 2.24) is 4.57 Å². The molecular weight excluding hydrogens is 216 g/mol. The van der Waals surface area contributed by atoms with Crippen LogP contribution in [0, 0.1) is 0 Å². The molecule has 2 N–H and O–H groups in total. The summed E-state index contributed by atoms with van der Waals surface area (Å²) in [6.07, 6.45) is 3.18. The number of fused-ring (bicyclic) bond motifs is 1. The smallest absolute Gasteiger partial charge is 0.255 e. The van der Waals surface area contributed by atoms with Crippen molar-refractivity contribution in [2.45, 2.75) is 38.8 Å². The number of nitrogens with zero attached hydrogens (tertiary/aromatic N) is 1. The zero-order chi connectivity index (χ0) is 12.4. The lowest BCUT2D eigenvalue weighted by atomic mass is 10.1. The summed E-state index contributed by atoms with van der Waals surface area (Å²) in [5.74, 6) is 0. The molecule has 1 aliphatic rings. The number of methoxy groups -OCH3 is 1. The monoisotopic (exact) mass is 236 g/mol. The number of pyridine rings is 1. The van der Waals surface area contributed by atoms with Crippen molar-refractivity contribution in [3.63, 3.8) is 0 Å². The van der Waals surface area contributed by atoms with Crippen molar-refractivity contribution < 1.29 is 4.74 Å². The molecule has 4 nitrogen and oxygen atoms in total. The number of aryl methyl sites for hydroxylation is 1. The summed E-state index contributed by atoms with van der Waals surface area (Å²) >= 11 is 0. The molecule has 94 valence electrons. The van der Waals surface area contributed by atoms with Crippen LogP contribution in [0.15, 0.2) is 10.9 Å². The first-order chi connectivity index (χ1) is 8.15. The standard InChI is InChI=1S/C13H20N2O2/c1-9(14)11-8-10-4-3-5-12(10)15(13(11)16)6-7-17-2/h8-9H,3-7,14H2,1-2H3. The van der Waals surface area contributed by atoms with Crippen LogP contribution in [-0.2, 0) is 24.1 Å². The molecule has 0 saturated carbocycles. The highest BCUT2D eigenvalue weighted by atomic mass is 16.5. The Morgan fingerprint density at radius 1 is 1.53 bits per heavy atom. The van der Waals surface area contributed by atoms with Crippen LogP contribution in [0.3, 0.4) is 0 Å². The van der Waals surface area contributed by atoms with Crippen molar-refractivity contribution in [3.05, 3.63) is 33.2 Å². The average Bonchev–Trinajstić information content (AvgIpc) is 2.74. The zero-order valence-corrected chi connectivity index (χ0v) is 10.5. The van der Waals surface area contributed by atoms with Crippen molar-refractivity contribution in [3.8, 4) is 0 Å². The normalized spacial score (nSPS) is 15.9. The molecule has 1 aromatic heterocycles. The number of hydrogen-bond acceptors (Lipinski definition) is 3. The van der Waals surface area contributed by atoms with Crippen LogP contribution in [0.1, 0.15) is 36.2 Å². The minimum Gasteiger partial charge on any atom is -0.383 e. The molecule has 1 atom stereocenters. The Bertz CT molecular complexity index is 463. The minimum atomic E-state index is -0.206. The number of hydrogen-bond donors (Lipinski definition) is 1. The highest BCUT2D eigenvalue weighted by Gasteiger charge is 2.19. The Kier molecular flexibility index (Phi) is 3.64. The molecule has 0 spiro atoms. The van der Waals surface area contributed by atoms with E-state index in [1.165, 1.54) is 11.3 Å². The number of nitrogens with two attached hydrogens (primary N) is 1. The van der Waals surface area contributed by atoms with Crippen LogP contribution in [0.4, 0.5) is 0 Å². The van der Waals surface area contributed by atoms with Gasteiger partial charge in [0, 0.05) is 31.0 Å². The van der Waals surface area contributed by atoms with Gasteiger partial charge in [0.25, 0.3) is 5.56 Å². The highest BCUT2D eigenvalue weighted by molar-refractivity contribution is 5.31. The summed E-state index contributed by atoms with van der Waals surface area (Å²) in [5, 5.41) is 0. The van der Waals surface area contributed by atoms with Gasteiger partial charge in [-0.3, -0.25) is 4.79 Å². The van der Waals surface area contributed by atoms with Crippen molar-refractivity contribution >= 4 is 0 Å². The Hall–Kier alpha value is -1.13. The van der Waals surface area contributed by atoms with E-state index in [9.17, 15) is 4.79 Å². The van der Waals surface area contributed by atoms with E-state index in [1.807, 2.05) is 17.6 Å².